The molecule has 3 heterocycles. The Morgan fingerprint density at radius 3 is 1.05 bits per heavy atom. The number of halogens is 12. The predicted molar refractivity (Wildman–Crippen MR) is 255 cm³/mol. The highest BCUT2D eigenvalue weighted by molar-refractivity contribution is 6.12. The largest absolute Gasteiger partial charge is 0.416 e. The van der Waals surface area contributed by atoms with Crippen LogP contribution in [0.25, 0.3) is 100 Å². The number of hydrogen-bond donors (Lipinski definition) is 0. The zero-order chi connectivity index (χ0) is 51.4. The molecule has 0 aliphatic rings. The molecule has 0 amide bonds. The molecule has 0 unspecified atom stereocenters. The second kappa shape index (κ2) is 16.8. The van der Waals surface area contributed by atoms with Crippen molar-refractivity contribution in [1.82, 2.24) is 24.1 Å². The Balaban J connectivity index is 1.28. The molecule has 0 fully saturated rings. The fourth-order valence-corrected chi connectivity index (χ4v) is 9.36. The zero-order valence-electron chi connectivity index (χ0n) is 37.4. The van der Waals surface area contributed by atoms with Crippen LogP contribution in [-0.2, 0) is 24.7 Å². The van der Waals surface area contributed by atoms with Crippen molar-refractivity contribution in [2.45, 2.75) is 31.6 Å². The van der Waals surface area contributed by atoms with Gasteiger partial charge in [-0.15, -0.1) is 0 Å². The molecular formula is C56H31F12N5. The van der Waals surface area contributed by atoms with Crippen LogP contribution in [0.15, 0.2) is 170 Å². The summed E-state index contributed by atoms with van der Waals surface area (Å²) in [6, 6.07) is 38.2. The van der Waals surface area contributed by atoms with Gasteiger partial charge < -0.3 is 9.13 Å². The second-order valence-corrected chi connectivity index (χ2v) is 17.4. The average Bonchev–Trinajstić information content (AvgIpc) is 3.86. The van der Waals surface area contributed by atoms with Gasteiger partial charge in [0.25, 0.3) is 0 Å². The Kier molecular flexibility index (Phi) is 10.8. The number of rotatable bonds is 6. The molecule has 0 aliphatic carbocycles. The molecule has 0 atom stereocenters. The number of benzene rings is 8. The van der Waals surface area contributed by atoms with Crippen molar-refractivity contribution in [2.24, 2.45) is 0 Å². The summed E-state index contributed by atoms with van der Waals surface area (Å²) < 4.78 is 177. The third-order valence-corrected chi connectivity index (χ3v) is 12.7. The van der Waals surface area contributed by atoms with Crippen LogP contribution < -0.4 is 0 Å². The summed E-state index contributed by atoms with van der Waals surface area (Å²) in [4.78, 5) is 14.4. The van der Waals surface area contributed by atoms with Gasteiger partial charge >= 0.3 is 24.7 Å². The highest BCUT2D eigenvalue weighted by atomic mass is 19.4. The van der Waals surface area contributed by atoms with Gasteiger partial charge in [0.15, 0.2) is 17.5 Å². The minimum absolute atomic E-state index is 0.00497. The molecule has 5 nitrogen and oxygen atoms in total. The second-order valence-electron chi connectivity index (χ2n) is 17.4. The molecule has 0 saturated carbocycles. The lowest BCUT2D eigenvalue weighted by atomic mass is 9.96. The van der Waals surface area contributed by atoms with Crippen molar-refractivity contribution in [2.75, 3.05) is 0 Å². The number of nitrogens with zero attached hydrogens (tertiary/aromatic N) is 5. The minimum atomic E-state index is -5.00. The van der Waals surface area contributed by atoms with Gasteiger partial charge in [-0.05, 0) is 110 Å². The van der Waals surface area contributed by atoms with Gasteiger partial charge in [0.2, 0.25) is 0 Å². The number of aryl methyl sites for hydroxylation is 1. The summed E-state index contributed by atoms with van der Waals surface area (Å²) in [7, 11) is 0. The minimum Gasteiger partial charge on any atom is -0.309 e. The third kappa shape index (κ3) is 8.37. The molecule has 3 aromatic heterocycles. The Hall–Kier alpha value is -8.47. The monoisotopic (exact) mass is 1000 g/mol. The molecule has 8 aromatic carbocycles. The van der Waals surface area contributed by atoms with E-state index in [-0.39, 0.29) is 78.2 Å². The molecule has 73 heavy (non-hydrogen) atoms. The Labute approximate surface area is 405 Å². The summed E-state index contributed by atoms with van der Waals surface area (Å²) in [5.41, 5.74) is -2.18. The molecular weight excluding hydrogens is 971 g/mol. The number of fused-ring (bicyclic) bond motifs is 6. The fourth-order valence-electron chi connectivity index (χ4n) is 9.36. The van der Waals surface area contributed by atoms with E-state index in [0.29, 0.717) is 39.7 Å². The normalized spacial score (nSPS) is 12.7. The number of hydrogen-bond acceptors (Lipinski definition) is 3. The topological polar surface area (TPSA) is 48.5 Å². The van der Waals surface area contributed by atoms with E-state index in [1.165, 1.54) is 16.7 Å². The molecule has 0 bridgehead atoms. The van der Waals surface area contributed by atoms with Gasteiger partial charge in [-0.2, -0.15) is 52.7 Å². The Morgan fingerprint density at radius 1 is 0.315 bits per heavy atom. The predicted octanol–water partition coefficient (Wildman–Crippen LogP) is 17.1. The maximum Gasteiger partial charge on any atom is 0.416 e. The summed E-state index contributed by atoms with van der Waals surface area (Å²) in [6.07, 6.45) is -19.6. The van der Waals surface area contributed by atoms with E-state index in [2.05, 4.69) is 0 Å². The Morgan fingerprint density at radius 2 is 0.644 bits per heavy atom. The van der Waals surface area contributed by atoms with Crippen LogP contribution in [0.2, 0.25) is 0 Å². The molecule has 0 radical (unpaired) electrons. The van der Waals surface area contributed by atoms with Gasteiger partial charge in [0.05, 0.1) is 55.7 Å². The van der Waals surface area contributed by atoms with Crippen LogP contribution in [0.1, 0.15) is 27.8 Å². The first kappa shape index (κ1) is 46.9. The molecule has 11 aromatic rings. The van der Waals surface area contributed by atoms with Gasteiger partial charge in [-0.25, -0.2) is 15.0 Å². The van der Waals surface area contributed by atoms with Crippen LogP contribution in [0.3, 0.4) is 0 Å². The maximum atomic E-state index is 15.2. The lowest BCUT2D eigenvalue weighted by Crippen LogP contribution is -2.08. The van der Waals surface area contributed by atoms with Crippen molar-refractivity contribution in [1.29, 1.82) is 0 Å². The van der Waals surface area contributed by atoms with Crippen molar-refractivity contribution in [3.05, 3.63) is 198 Å². The average molecular weight is 1000 g/mol. The van der Waals surface area contributed by atoms with Crippen LogP contribution in [-0.4, -0.2) is 24.1 Å². The van der Waals surface area contributed by atoms with Crippen molar-refractivity contribution < 1.29 is 52.7 Å². The standard InChI is InChI=1S/C56H31F12N5/c1-30-12-18-44-38(24-30)40-26-34(53(57,58)59)14-20-46(40)72(44)45-19-13-33(52-70-50(31-8-4-2-5-9-31)69-51(71-52)32-10-6-3-7-11-32)25-39(45)41-27-35(54(60,61)62)15-21-47(41)73-48-22-16-36(55(63,64)65)28-42(48)43-29-37(56(66,67)68)17-23-49(43)73/h2-29H,1H3. The van der Waals surface area contributed by atoms with Crippen LogP contribution in [0.5, 0.6) is 0 Å². The number of alkyl halides is 12. The van der Waals surface area contributed by atoms with Crippen LogP contribution in [0.4, 0.5) is 52.7 Å². The van der Waals surface area contributed by atoms with E-state index in [1.807, 2.05) is 0 Å². The first-order valence-corrected chi connectivity index (χ1v) is 22.2. The molecule has 0 aliphatic heterocycles. The molecule has 0 saturated heterocycles. The van der Waals surface area contributed by atoms with Gasteiger partial charge in [0.1, 0.15) is 0 Å². The maximum absolute atomic E-state index is 15.2. The molecule has 0 spiro atoms. The van der Waals surface area contributed by atoms with Crippen LogP contribution >= 0.6 is 0 Å². The highest BCUT2D eigenvalue weighted by Gasteiger charge is 2.36. The molecule has 17 heteroatoms. The lowest BCUT2D eigenvalue weighted by molar-refractivity contribution is -0.138. The van der Waals surface area contributed by atoms with Gasteiger partial charge in [-0.3, -0.25) is 0 Å². The SMILES string of the molecule is Cc1ccc2c(c1)c1cc(C(F)(F)F)ccc1n2-c1ccc(-c2nc(-c3ccccc3)nc(-c3ccccc3)n2)cc1-c1cc(C(F)(F)F)ccc1-n1c2ccc(C(F)(F)F)cc2c2cc(C(F)(F)F)ccc21. The van der Waals surface area contributed by atoms with E-state index in [1.54, 1.807) is 102 Å². The number of aromatic nitrogens is 5. The quantitative estimate of drug-likeness (QED) is 0.156. The van der Waals surface area contributed by atoms with E-state index < -0.39 is 47.0 Å². The van der Waals surface area contributed by atoms with E-state index in [4.69, 9.17) is 15.0 Å². The Bertz CT molecular complexity index is 3850. The van der Waals surface area contributed by atoms with Crippen molar-refractivity contribution in [3.63, 3.8) is 0 Å². The summed E-state index contributed by atoms with van der Waals surface area (Å²) in [5, 5.41) is -0.0167. The highest BCUT2D eigenvalue weighted by Crippen LogP contribution is 2.47. The van der Waals surface area contributed by atoms with E-state index >= 15 is 13.2 Å². The van der Waals surface area contributed by atoms with Crippen molar-refractivity contribution >= 4 is 43.6 Å². The fraction of sp³-hybridized carbons (Fsp3) is 0.0893. The smallest absolute Gasteiger partial charge is 0.309 e. The van der Waals surface area contributed by atoms with Crippen molar-refractivity contribution in [3.8, 4) is 56.7 Å². The molecule has 364 valence electrons. The molecule has 0 N–H and O–H groups in total. The zero-order valence-corrected chi connectivity index (χ0v) is 37.4. The van der Waals surface area contributed by atoms with Crippen LogP contribution in [0, 0.1) is 6.92 Å². The van der Waals surface area contributed by atoms with E-state index in [9.17, 15) is 39.5 Å². The first-order chi connectivity index (χ1) is 34.6. The van der Waals surface area contributed by atoms with E-state index in [0.717, 1.165) is 54.6 Å². The summed E-state index contributed by atoms with van der Waals surface area (Å²) in [6.45, 7) is 1.74. The summed E-state index contributed by atoms with van der Waals surface area (Å²) in [5.74, 6) is 0.516. The third-order valence-electron chi connectivity index (χ3n) is 12.7. The summed E-state index contributed by atoms with van der Waals surface area (Å²) >= 11 is 0. The van der Waals surface area contributed by atoms with Gasteiger partial charge in [0, 0.05) is 49.4 Å². The van der Waals surface area contributed by atoms with Gasteiger partial charge in [-0.1, -0.05) is 72.3 Å². The lowest BCUT2D eigenvalue weighted by Gasteiger charge is -2.21. The first-order valence-electron chi connectivity index (χ1n) is 22.2. The molecule has 11 rings (SSSR count).